The molecule has 0 heterocycles. The molecule has 0 saturated heterocycles. The minimum absolute atomic E-state index is 0.163. The summed E-state index contributed by atoms with van der Waals surface area (Å²) >= 11 is 5.37. The van der Waals surface area contributed by atoms with E-state index in [9.17, 15) is 22.0 Å². The second-order valence-corrected chi connectivity index (χ2v) is 4.19. The minimum Gasteiger partial charge on any atom is -0.313 e. The molecule has 1 N–H and O–H groups in total. The van der Waals surface area contributed by atoms with Crippen LogP contribution in [0.5, 0.6) is 0 Å². The maximum Gasteiger partial charge on any atom is 0.389 e. The summed E-state index contributed by atoms with van der Waals surface area (Å²) in [4.78, 5) is 0. The van der Waals surface area contributed by atoms with Gasteiger partial charge in [0, 0.05) is 18.0 Å². The quantitative estimate of drug-likeness (QED) is 0.646. The minimum atomic E-state index is -4.34. The van der Waals surface area contributed by atoms with E-state index >= 15 is 0 Å². The lowest BCUT2D eigenvalue weighted by Crippen LogP contribution is -2.21. The van der Waals surface area contributed by atoms with Gasteiger partial charge in [-0.2, -0.15) is 13.2 Å². The molecule has 1 unspecified atom stereocenters. The zero-order chi connectivity index (χ0) is 13.9. The predicted molar refractivity (Wildman–Crippen MR) is 58.5 cm³/mol. The monoisotopic (exact) mass is 287 g/mol. The van der Waals surface area contributed by atoms with E-state index in [0.29, 0.717) is 0 Å². The number of benzene rings is 1. The fourth-order valence-electron chi connectivity index (χ4n) is 1.57. The third-order valence-electron chi connectivity index (χ3n) is 2.48. The Labute approximate surface area is 106 Å². The Morgan fingerprint density at radius 3 is 2.33 bits per heavy atom. The highest BCUT2D eigenvalue weighted by atomic mass is 35.5. The summed E-state index contributed by atoms with van der Waals surface area (Å²) in [6, 6.07) is 0.651. The zero-order valence-corrected chi connectivity index (χ0v) is 10.2. The van der Waals surface area contributed by atoms with Gasteiger partial charge in [0.05, 0.1) is 5.02 Å². The summed E-state index contributed by atoms with van der Waals surface area (Å²) in [5, 5.41) is 2.13. The Morgan fingerprint density at radius 1 is 1.22 bits per heavy atom. The fourth-order valence-corrected chi connectivity index (χ4v) is 1.72. The van der Waals surface area contributed by atoms with E-state index in [1.165, 1.54) is 7.05 Å². The molecule has 102 valence electrons. The van der Waals surface area contributed by atoms with E-state index in [2.05, 4.69) is 5.32 Å². The van der Waals surface area contributed by atoms with E-state index in [4.69, 9.17) is 11.6 Å². The van der Waals surface area contributed by atoms with Gasteiger partial charge in [0.1, 0.15) is 11.6 Å². The average molecular weight is 288 g/mol. The van der Waals surface area contributed by atoms with Gasteiger partial charge in [0.25, 0.3) is 0 Å². The number of nitrogens with one attached hydrogen (secondary N) is 1. The Balaban J connectivity index is 2.92. The van der Waals surface area contributed by atoms with Gasteiger partial charge in [-0.3, -0.25) is 0 Å². The summed E-state index contributed by atoms with van der Waals surface area (Å²) in [6.45, 7) is 0. The standard InChI is InChI=1S/C11H11ClF5N/c1-18-10(2-3-11(15,16)17)6-4-9(14)7(12)5-8(6)13/h4-5,10,18H,2-3H2,1H3. The van der Waals surface area contributed by atoms with E-state index in [1.807, 2.05) is 0 Å². The molecule has 0 fully saturated rings. The Morgan fingerprint density at radius 2 is 1.83 bits per heavy atom. The Kier molecular flexibility index (Phi) is 4.92. The molecule has 0 aromatic heterocycles. The van der Waals surface area contributed by atoms with Crippen LogP contribution in [0.4, 0.5) is 22.0 Å². The largest absolute Gasteiger partial charge is 0.389 e. The molecule has 0 saturated carbocycles. The first-order valence-electron chi connectivity index (χ1n) is 5.13. The van der Waals surface area contributed by atoms with E-state index in [1.54, 1.807) is 0 Å². The molecule has 0 aliphatic heterocycles. The Hall–Kier alpha value is -0.880. The summed E-state index contributed by atoms with van der Waals surface area (Å²) in [5.41, 5.74) is -0.163. The van der Waals surface area contributed by atoms with Crippen LogP contribution in [0.15, 0.2) is 12.1 Å². The highest BCUT2D eigenvalue weighted by Crippen LogP contribution is 2.30. The van der Waals surface area contributed by atoms with Gasteiger partial charge < -0.3 is 5.32 Å². The van der Waals surface area contributed by atoms with Crippen LogP contribution in [-0.4, -0.2) is 13.2 Å². The Bertz CT molecular complexity index is 419. The molecule has 0 aliphatic rings. The zero-order valence-electron chi connectivity index (χ0n) is 9.41. The molecule has 0 radical (unpaired) electrons. The highest BCUT2D eigenvalue weighted by molar-refractivity contribution is 6.30. The smallest absolute Gasteiger partial charge is 0.313 e. The first-order valence-corrected chi connectivity index (χ1v) is 5.51. The van der Waals surface area contributed by atoms with Crippen molar-refractivity contribution in [2.24, 2.45) is 0 Å². The van der Waals surface area contributed by atoms with Crippen molar-refractivity contribution in [2.45, 2.75) is 25.1 Å². The molecular weight excluding hydrogens is 277 g/mol. The molecule has 0 amide bonds. The lowest BCUT2D eigenvalue weighted by molar-refractivity contribution is -0.136. The second kappa shape index (κ2) is 5.84. The molecule has 1 aromatic rings. The molecule has 1 atom stereocenters. The first kappa shape index (κ1) is 15.2. The van der Waals surface area contributed by atoms with E-state index in [0.717, 1.165) is 12.1 Å². The summed E-state index contributed by atoms with van der Waals surface area (Å²) in [7, 11) is 1.38. The summed E-state index contributed by atoms with van der Waals surface area (Å²) in [6.07, 6.45) is -5.79. The van der Waals surface area contributed by atoms with Gasteiger partial charge in [-0.15, -0.1) is 0 Å². The lowest BCUT2D eigenvalue weighted by atomic mass is 10.0. The van der Waals surface area contributed by atoms with Crippen molar-refractivity contribution in [3.63, 3.8) is 0 Å². The molecule has 1 rings (SSSR count). The third-order valence-corrected chi connectivity index (χ3v) is 2.77. The van der Waals surface area contributed by atoms with Crippen LogP contribution in [0.2, 0.25) is 5.02 Å². The fraction of sp³-hybridized carbons (Fsp3) is 0.455. The SMILES string of the molecule is CNC(CCC(F)(F)F)c1cc(F)c(Cl)cc1F. The predicted octanol–water partition coefficient (Wildman–Crippen LogP) is 4.22. The van der Waals surface area contributed by atoms with Gasteiger partial charge in [-0.25, -0.2) is 8.78 Å². The van der Waals surface area contributed by atoms with Gasteiger partial charge in [0.2, 0.25) is 0 Å². The van der Waals surface area contributed by atoms with Crippen molar-refractivity contribution in [3.8, 4) is 0 Å². The van der Waals surface area contributed by atoms with Crippen molar-refractivity contribution in [2.75, 3.05) is 7.05 Å². The molecular formula is C11H11ClF5N. The van der Waals surface area contributed by atoms with Gasteiger partial charge in [0.15, 0.2) is 0 Å². The third kappa shape index (κ3) is 4.10. The van der Waals surface area contributed by atoms with E-state index < -0.39 is 35.3 Å². The van der Waals surface area contributed by atoms with Crippen molar-refractivity contribution in [3.05, 3.63) is 34.4 Å². The summed E-state index contributed by atoms with van der Waals surface area (Å²) < 4.78 is 63.0. The van der Waals surface area contributed by atoms with Gasteiger partial charge in [-0.1, -0.05) is 11.6 Å². The molecule has 1 nitrogen and oxygen atoms in total. The van der Waals surface area contributed by atoms with Gasteiger partial charge >= 0.3 is 6.18 Å². The van der Waals surface area contributed by atoms with Crippen LogP contribution in [-0.2, 0) is 0 Å². The number of hydrogen-bond acceptors (Lipinski definition) is 1. The molecule has 18 heavy (non-hydrogen) atoms. The topological polar surface area (TPSA) is 12.0 Å². The second-order valence-electron chi connectivity index (χ2n) is 3.78. The highest BCUT2D eigenvalue weighted by Gasteiger charge is 2.29. The van der Waals surface area contributed by atoms with Crippen molar-refractivity contribution >= 4 is 11.6 Å². The normalized spacial score (nSPS) is 13.7. The number of hydrogen-bond donors (Lipinski definition) is 1. The average Bonchev–Trinajstić information content (AvgIpc) is 2.24. The van der Waals surface area contributed by atoms with Crippen molar-refractivity contribution in [1.82, 2.24) is 5.32 Å². The number of alkyl halides is 3. The molecule has 7 heteroatoms. The number of rotatable bonds is 4. The van der Waals surface area contributed by atoms with Crippen LogP contribution in [0, 0.1) is 11.6 Å². The van der Waals surface area contributed by atoms with Crippen LogP contribution in [0.25, 0.3) is 0 Å². The van der Waals surface area contributed by atoms with Crippen LogP contribution >= 0.6 is 11.6 Å². The van der Waals surface area contributed by atoms with Crippen molar-refractivity contribution < 1.29 is 22.0 Å². The first-order chi connectivity index (χ1) is 8.24. The van der Waals surface area contributed by atoms with E-state index in [-0.39, 0.29) is 12.0 Å². The molecule has 0 bridgehead atoms. The van der Waals surface area contributed by atoms with Crippen molar-refractivity contribution in [1.29, 1.82) is 0 Å². The molecule has 1 aromatic carbocycles. The van der Waals surface area contributed by atoms with Crippen LogP contribution in [0.3, 0.4) is 0 Å². The number of halogens is 6. The molecule has 0 aliphatic carbocycles. The summed E-state index contributed by atoms with van der Waals surface area (Å²) in [5.74, 6) is -1.69. The maximum atomic E-state index is 13.5. The van der Waals surface area contributed by atoms with Gasteiger partial charge in [-0.05, 0) is 25.6 Å². The maximum absolute atomic E-state index is 13.5. The molecule has 0 spiro atoms. The van der Waals surface area contributed by atoms with Crippen LogP contribution in [0.1, 0.15) is 24.4 Å². The lowest BCUT2D eigenvalue weighted by Gasteiger charge is -2.18. The van der Waals surface area contributed by atoms with Crippen LogP contribution < -0.4 is 5.32 Å².